The van der Waals surface area contributed by atoms with E-state index in [9.17, 15) is 4.79 Å². The molecule has 1 heterocycles. The number of hydrogen-bond acceptors (Lipinski definition) is 4. The van der Waals surface area contributed by atoms with Crippen LogP contribution >= 0.6 is 11.6 Å². The fourth-order valence-corrected chi connectivity index (χ4v) is 3.21. The number of likely N-dealkylation sites (N-methyl/N-ethyl adjacent to an activating group) is 1. The van der Waals surface area contributed by atoms with Gasteiger partial charge in [-0.2, -0.15) is 4.98 Å². The molecule has 0 radical (unpaired) electrons. The number of benzene rings is 1. The van der Waals surface area contributed by atoms with Crippen LogP contribution < -0.4 is 5.32 Å². The molecule has 0 saturated heterocycles. The molecule has 0 atom stereocenters. The van der Waals surface area contributed by atoms with E-state index in [1.165, 1.54) is 19.3 Å². The Hall–Kier alpha value is -2.08. The summed E-state index contributed by atoms with van der Waals surface area (Å²) in [7, 11) is 1.73. The third-order valence-corrected chi connectivity index (χ3v) is 4.90. The fraction of sp³-hybridized carbons (Fsp3) is 0.500. The largest absolute Gasteiger partial charge is 0.339 e. The lowest BCUT2D eigenvalue weighted by Gasteiger charge is -2.18. The van der Waals surface area contributed by atoms with Crippen LogP contribution in [-0.4, -0.2) is 34.7 Å². The summed E-state index contributed by atoms with van der Waals surface area (Å²) in [6, 6.07) is 6.94. The van der Waals surface area contributed by atoms with Gasteiger partial charge in [-0.15, -0.1) is 0 Å². The van der Waals surface area contributed by atoms with Crippen molar-refractivity contribution < 1.29 is 9.32 Å². The molecule has 0 aliphatic heterocycles. The van der Waals surface area contributed by atoms with Gasteiger partial charge in [0.1, 0.15) is 0 Å². The summed E-state index contributed by atoms with van der Waals surface area (Å²) in [6.45, 7) is 0.500. The number of nitrogens with zero attached hydrogens (tertiary/aromatic N) is 3. The number of nitrogens with one attached hydrogen (secondary N) is 1. The van der Waals surface area contributed by atoms with Crippen LogP contribution in [0.1, 0.15) is 49.7 Å². The van der Waals surface area contributed by atoms with E-state index in [1.807, 2.05) is 12.1 Å². The third-order valence-electron chi connectivity index (χ3n) is 4.57. The minimum Gasteiger partial charge on any atom is -0.339 e. The average molecular weight is 363 g/mol. The highest BCUT2D eigenvalue weighted by molar-refractivity contribution is 6.33. The number of para-hydroxylation sites is 1. The van der Waals surface area contributed by atoms with Gasteiger partial charge in [0.2, 0.25) is 5.89 Å². The third kappa shape index (κ3) is 4.72. The van der Waals surface area contributed by atoms with Crippen LogP contribution in [0.4, 0.5) is 10.5 Å². The van der Waals surface area contributed by atoms with Crippen molar-refractivity contribution in [2.24, 2.45) is 0 Å². The summed E-state index contributed by atoms with van der Waals surface area (Å²) in [4.78, 5) is 18.3. The molecule has 0 bridgehead atoms. The van der Waals surface area contributed by atoms with Crippen LogP contribution in [0.15, 0.2) is 28.8 Å². The Balaban J connectivity index is 1.50. The summed E-state index contributed by atoms with van der Waals surface area (Å²) in [5.74, 6) is 1.80. The molecular formula is C18H23ClN4O2. The summed E-state index contributed by atoms with van der Waals surface area (Å²) < 4.78 is 5.41. The maximum Gasteiger partial charge on any atom is 0.321 e. The van der Waals surface area contributed by atoms with E-state index in [2.05, 4.69) is 15.5 Å². The molecule has 1 aromatic carbocycles. The maximum absolute atomic E-state index is 12.2. The molecule has 7 heteroatoms. The van der Waals surface area contributed by atoms with Gasteiger partial charge in [-0.3, -0.25) is 0 Å². The van der Waals surface area contributed by atoms with E-state index in [4.69, 9.17) is 16.1 Å². The SMILES string of the molecule is CN(CCc1noc(C2CCCCC2)n1)C(=O)Nc1ccccc1Cl. The van der Waals surface area contributed by atoms with Crippen molar-refractivity contribution in [2.45, 2.75) is 44.4 Å². The zero-order valence-electron chi connectivity index (χ0n) is 14.4. The zero-order chi connectivity index (χ0) is 17.6. The molecule has 134 valence electrons. The van der Waals surface area contributed by atoms with Crippen molar-refractivity contribution in [1.82, 2.24) is 15.0 Å². The molecule has 0 spiro atoms. The first kappa shape index (κ1) is 17.7. The molecule has 3 rings (SSSR count). The predicted molar refractivity (Wildman–Crippen MR) is 96.9 cm³/mol. The van der Waals surface area contributed by atoms with Gasteiger partial charge in [0.15, 0.2) is 5.82 Å². The molecule has 1 aliphatic rings. The molecule has 1 N–H and O–H groups in total. The lowest BCUT2D eigenvalue weighted by atomic mass is 9.89. The highest BCUT2D eigenvalue weighted by Gasteiger charge is 2.21. The van der Waals surface area contributed by atoms with Crippen molar-refractivity contribution in [3.63, 3.8) is 0 Å². The standard InChI is InChI=1S/C18H23ClN4O2/c1-23(18(24)20-15-10-6-5-9-14(15)19)12-11-16-21-17(25-22-16)13-7-3-2-4-8-13/h5-6,9-10,13H,2-4,7-8,11-12H2,1H3,(H,20,24). The Kier molecular flexibility index (Phi) is 5.91. The van der Waals surface area contributed by atoms with E-state index in [0.717, 1.165) is 18.7 Å². The second-order valence-electron chi connectivity index (χ2n) is 6.47. The first-order chi connectivity index (χ1) is 12.1. The molecule has 0 unspecified atom stereocenters. The molecule has 1 aromatic heterocycles. The van der Waals surface area contributed by atoms with Crippen molar-refractivity contribution >= 4 is 23.3 Å². The van der Waals surface area contributed by atoms with Crippen LogP contribution in [0.3, 0.4) is 0 Å². The van der Waals surface area contributed by atoms with E-state index < -0.39 is 0 Å². The first-order valence-corrected chi connectivity index (χ1v) is 9.10. The topological polar surface area (TPSA) is 71.3 Å². The van der Waals surface area contributed by atoms with Gasteiger partial charge in [0.05, 0.1) is 10.7 Å². The van der Waals surface area contributed by atoms with E-state index in [1.54, 1.807) is 24.1 Å². The Morgan fingerprint density at radius 3 is 2.84 bits per heavy atom. The lowest BCUT2D eigenvalue weighted by molar-refractivity contribution is 0.222. The molecule has 1 saturated carbocycles. The highest BCUT2D eigenvalue weighted by Crippen LogP contribution is 2.31. The molecule has 1 fully saturated rings. The number of rotatable bonds is 5. The Morgan fingerprint density at radius 1 is 1.32 bits per heavy atom. The maximum atomic E-state index is 12.2. The minimum atomic E-state index is -0.218. The van der Waals surface area contributed by atoms with E-state index in [0.29, 0.717) is 35.4 Å². The summed E-state index contributed by atoms with van der Waals surface area (Å²) in [5.41, 5.74) is 0.597. The second-order valence-corrected chi connectivity index (χ2v) is 6.87. The number of carbonyl (C=O) groups is 1. The molecule has 1 aliphatic carbocycles. The van der Waals surface area contributed by atoms with Gasteiger partial charge in [-0.1, -0.05) is 48.2 Å². The van der Waals surface area contributed by atoms with Crippen molar-refractivity contribution in [2.75, 3.05) is 18.9 Å². The summed E-state index contributed by atoms with van der Waals surface area (Å²) in [6.07, 6.45) is 6.57. The van der Waals surface area contributed by atoms with Gasteiger partial charge in [0, 0.05) is 25.9 Å². The van der Waals surface area contributed by atoms with Crippen LogP contribution in [0.25, 0.3) is 0 Å². The van der Waals surface area contributed by atoms with Gasteiger partial charge < -0.3 is 14.7 Å². The van der Waals surface area contributed by atoms with Crippen LogP contribution in [0.2, 0.25) is 5.02 Å². The Bertz CT molecular complexity index is 713. The average Bonchev–Trinajstić information content (AvgIpc) is 3.11. The van der Waals surface area contributed by atoms with Crippen LogP contribution in [0.5, 0.6) is 0 Å². The normalized spacial score (nSPS) is 15.1. The molecule has 2 amide bonds. The quantitative estimate of drug-likeness (QED) is 0.851. The molecule has 2 aromatic rings. The zero-order valence-corrected chi connectivity index (χ0v) is 15.1. The summed E-state index contributed by atoms with van der Waals surface area (Å²) in [5, 5.41) is 7.36. The van der Waals surface area contributed by atoms with Gasteiger partial charge in [0.25, 0.3) is 0 Å². The number of hydrogen-bond donors (Lipinski definition) is 1. The lowest BCUT2D eigenvalue weighted by Crippen LogP contribution is -2.33. The highest BCUT2D eigenvalue weighted by atomic mass is 35.5. The molecule has 6 nitrogen and oxygen atoms in total. The second kappa shape index (κ2) is 8.34. The number of urea groups is 1. The number of amides is 2. The number of halogens is 1. The predicted octanol–water partition coefficient (Wildman–Crippen LogP) is 4.48. The van der Waals surface area contributed by atoms with Crippen LogP contribution in [-0.2, 0) is 6.42 Å². The van der Waals surface area contributed by atoms with Gasteiger partial charge in [-0.25, -0.2) is 4.79 Å². The Morgan fingerprint density at radius 2 is 2.08 bits per heavy atom. The van der Waals surface area contributed by atoms with Gasteiger partial charge in [-0.05, 0) is 25.0 Å². The number of carbonyl (C=O) groups excluding carboxylic acids is 1. The number of aromatic nitrogens is 2. The smallest absolute Gasteiger partial charge is 0.321 e. The minimum absolute atomic E-state index is 0.218. The van der Waals surface area contributed by atoms with Crippen molar-refractivity contribution in [3.05, 3.63) is 41.0 Å². The monoisotopic (exact) mass is 362 g/mol. The van der Waals surface area contributed by atoms with Crippen molar-refractivity contribution in [1.29, 1.82) is 0 Å². The van der Waals surface area contributed by atoms with Gasteiger partial charge >= 0.3 is 6.03 Å². The van der Waals surface area contributed by atoms with Crippen molar-refractivity contribution in [3.8, 4) is 0 Å². The van der Waals surface area contributed by atoms with Crippen LogP contribution in [0, 0.1) is 0 Å². The first-order valence-electron chi connectivity index (χ1n) is 8.72. The molecular weight excluding hydrogens is 340 g/mol. The number of anilines is 1. The fourth-order valence-electron chi connectivity index (χ4n) is 3.03. The summed E-state index contributed by atoms with van der Waals surface area (Å²) >= 11 is 6.06. The van der Waals surface area contributed by atoms with E-state index >= 15 is 0 Å². The van der Waals surface area contributed by atoms with E-state index in [-0.39, 0.29) is 6.03 Å². The molecule has 25 heavy (non-hydrogen) atoms. The Labute approximate surface area is 152 Å².